The van der Waals surface area contributed by atoms with Crippen LogP contribution in [0, 0.1) is 5.82 Å². The van der Waals surface area contributed by atoms with E-state index in [1.54, 1.807) is 32.2 Å². The lowest BCUT2D eigenvalue weighted by molar-refractivity contribution is 0.191. The summed E-state index contributed by atoms with van der Waals surface area (Å²) in [6.07, 6.45) is -0.345. The maximum Gasteiger partial charge on any atom is 0.175 e. The van der Waals surface area contributed by atoms with Gasteiger partial charge in [0.05, 0.1) is 17.7 Å². The Balaban J connectivity index is 1.93. The first kappa shape index (κ1) is 21.6. The number of hydrogen-bond donors (Lipinski definition) is 3. The molecule has 0 unspecified atom stereocenters. The predicted octanol–water partition coefficient (Wildman–Crippen LogP) is 3.24. The average molecular weight is 441 g/mol. The Morgan fingerprint density at radius 1 is 1.19 bits per heavy atom. The molecule has 148 valence electrons. The highest BCUT2D eigenvalue weighted by molar-refractivity contribution is 9.10. The second kappa shape index (κ2) is 11.2. The van der Waals surface area contributed by atoms with Crippen LogP contribution in [0.1, 0.15) is 18.1 Å². The van der Waals surface area contributed by atoms with Crippen LogP contribution in [0.15, 0.2) is 40.9 Å². The second-order valence-electron chi connectivity index (χ2n) is 6.22. The number of hydrogen-bond acceptors (Lipinski definition) is 5. The van der Waals surface area contributed by atoms with Crippen molar-refractivity contribution in [1.29, 1.82) is 0 Å². The van der Waals surface area contributed by atoms with Crippen LogP contribution in [0.25, 0.3) is 0 Å². The zero-order valence-electron chi connectivity index (χ0n) is 15.6. The van der Waals surface area contributed by atoms with E-state index < -0.39 is 0 Å². The molecule has 3 N–H and O–H groups in total. The maximum absolute atomic E-state index is 13.8. The van der Waals surface area contributed by atoms with Crippen molar-refractivity contribution in [1.82, 2.24) is 10.6 Å². The molecule has 27 heavy (non-hydrogen) atoms. The van der Waals surface area contributed by atoms with Gasteiger partial charge in [0.2, 0.25) is 0 Å². The zero-order valence-corrected chi connectivity index (χ0v) is 17.2. The highest BCUT2D eigenvalue weighted by Gasteiger charge is 2.13. The number of methoxy groups -OCH3 is 1. The molecule has 0 aliphatic rings. The summed E-state index contributed by atoms with van der Waals surface area (Å²) in [6, 6.07) is 10.4. The summed E-state index contributed by atoms with van der Waals surface area (Å²) in [4.78, 5) is 0. The van der Waals surface area contributed by atoms with Crippen molar-refractivity contribution in [2.24, 2.45) is 0 Å². The molecule has 0 aromatic heterocycles. The number of benzene rings is 2. The third-order valence-corrected chi connectivity index (χ3v) is 4.46. The van der Waals surface area contributed by atoms with E-state index in [0.29, 0.717) is 30.2 Å². The average Bonchev–Trinajstić information content (AvgIpc) is 2.64. The Kier molecular flexibility index (Phi) is 9.00. The predicted molar refractivity (Wildman–Crippen MR) is 108 cm³/mol. The van der Waals surface area contributed by atoms with Crippen molar-refractivity contribution in [3.8, 4) is 11.5 Å². The topological polar surface area (TPSA) is 62.8 Å². The minimum absolute atomic E-state index is 0.119. The smallest absolute Gasteiger partial charge is 0.175 e. The molecule has 1 atom stereocenters. The van der Waals surface area contributed by atoms with Gasteiger partial charge < -0.3 is 25.2 Å². The fourth-order valence-corrected chi connectivity index (χ4v) is 3.11. The van der Waals surface area contributed by atoms with Gasteiger partial charge in [-0.3, -0.25) is 0 Å². The fraction of sp³-hybridized carbons (Fsp3) is 0.400. The van der Waals surface area contributed by atoms with Crippen molar-refractivity contribution < 1.29 is 19.0 Å². The van der Waals surface area contributed by atoms with Crippen molar-refractivity contribution in [2.45, 2.75) is 26.2 Å². The molecule has 0 saturated heterocycles. The summed E-state index contributed by atoms with van der Waals surface area (Å²) in [5, 5.41) is 15.7. The molecule has 0 spiro atoms. The summed E-state index contributed by atoms with van der Waals surface area (Å²) in [7, 11) is 1.58. The first-order valence-electron chi connectivity index (χ1n) is 8.83. The molecule has 0 heterocycles. The van der Waals surface area contributed by atoms with Gasteiger partial charge in [-0.1, -0.05) is 18.2 Å². The van der Waals surface area contributed by atoms with Crippen LogP contribution in [-0.4, -0.2) is 38.0 Å². The molecule has 0 aliphatic carbocycles. The van der Waals surface area contributed by atoms with Crippen LogP contribution in [0.3, 0.4) is 0 Å². The van der Waals surface area contributed by atoms with Crippen molar-refractivity contribution in [3.05, 3.63) is 57.8 Å². The Bertz CT molecular complexity index is 728. The number of ether oxygens (including phenoxy) is 2. The summed E-state index contributed by atoms with van der Waals surface area (Å²) in [6.45, 7) is 4.66. The Hall–Kier alpha value is -1.67. The molecule has 0 aliphatic heterocycles. The van der Waals surface area contributed by atoms with Crippen LogP contribution < -0.4 is 20.1 Å². The third-order valence-electron chi connectivity index (χ3n) is 3.87. The lowest BCUT2D eigenvalue weighted by atomic mass is 10.2. The SMILES string of the molecule is COc1cc(CNCCNC[C@@H](C)O)cc(Br)c1OCc1ccccc1F. The van der Waals surface area contributed by atoms with E-state index in [-0.39, 0.29) is 18.5 Å². The standard InChI is InChI=1S/C20H26BrFN2O3/c1-14(25)11-23-7-8-24-12-15-9-17(21)20(19(10-15)26-2)27-13-16-5-3-4-6-18(16)22/h3-6,9-10,14,23-25H,7-8,11-13H2,1-2H3/t14-/m1/s1. The van der Waals surface area contributed by atoms with Gasteiger partial charge in [0.1, 0.15) is 12.4 Å². The van der Waals surface area contributed by atoms with Gasteiger partial charge in [-0.15, -0.1) is 0 Å². The van der Waals surface area contributed by atoms with Crippen molar-refractivity contribution >= 4 is 15.9 Å². The molecule has 0 bridgehead atoms. The highest BCUT2D eigenvalue weighted by atomic mass is 79.9. The molecule has 2 rings (SSSR count). The van der Waals surface area contributed by atoms with Crippen molar-refractivity contribution in [2.75, 3.05) is 26.7 Å². The Labute approximate surface area is 168 Å². The number of halogens is 2. The summed E-state index contributed by atoms with van der Waals surface area (Å²) in [5.41, 5.74) is 1.52. The van der Waals surface area contributed by atoms with Gasteiger partial charge >= 0.3 is 0 Å². The largest absolute Gasteiger partial charge is 0.493 e. The molecular weight excluding hydrogens is 415 g/mol. The minimum Gasteiger partial charge on any atom is -0.493 e. The first-order valence-corrected chi connectivity index (χ1v) is 9.62. The van der Waals surface area contributed by atoms with E-state index in [9.17, 15) is 9.50 Å². The van der Waals surface area contributed by atoms with Crippen LogP contribution in [0.2, 0.25) is 0 Å². The van der Waals surface area contributed by atoms with Gasteiger partial charge in [0.15, 0.2) is 11.5 Å². The van der Waals surface area contributed by atoms with Crippen LogP contribution in [-0.2, 0) is 13.2 Å². The lowest BCUT2D eigenvalue weighted by Crippen LogP contribution is -2.31. The lowest BCUT2D eigenvalue weighted by Gasteiger charge is -2.15. The van der Waals surface area contributed by atoms with Gasteiger partial charge in [0, 0.05) is 31.7 Å². The van der Waals surface area contributed by atoms with E-state index in [1.807, 2.05) is 12.1 Å². The van der Waals surface area contributed by atoms with Crippen molar-refractivity contribution in [3.63, 3.8) is 0 Å². The van der Waals surface area contributed by atoms with Gasteiger partial charge in [-0.2, -0.15) is 0 Å². The Morgan fingerprint density at radius 2 is 1.93 bits per heavy atom. The van der Waals surface area contributed by atoms with Gasteiger partial charge in [0.25, 0.3) is 0 Å². The van der Waals surface area contributed by atoms with E-state index in [4.69, 9.17) is 9.47 Å². The van der Waals surface area contributed by atoms with E-state index in [2.05, 4.69) is 26.6 Å². The van der Waals surface area contributed by atoms with Gasteiger partial charge in [-0.05, 0) is 46.6 Å². The minimum atomic E-state index is -0.345. The molecule has 0 saturated carbocycles. The van der Waals surface area contributed by atoms with Gasteiger partial charge in [-0.25, -0.2) is 4.39 Å². The molecule has 0 radical (unpaired) electrons. The summed E-state index contributed by atoms with van der Waals surface area (Å²) < 4.78 is 25.7. The van der Waals surface area contributed by atoms with E-state index in [1.165, 1.54) is 6.07 Å². The molecule has 0 fully saturated rings. The molecule has 7 heteroatoms. The Morgan fingerprint density at radius 3 is 2.63 bits per heavy atom. The molecular formula is C20H26BrFN2O3. The van der Waals surface area contributed by atoms with E-state index in [0.717, 1.165) is 23.1 Å². The monoisotopic (exact) mass is 440 g/mol. The summed E-state index contributed by atoms with van der Waals surface area (Å²) >= 11 is 3.51. The normalized spacial score (nSPS) is 12.0. The fourth-order valence-electron chi connectivity index (χ4n) is 2.50. The number of aliphatic hydroxyl groups excluding tert-OH is 1. The molecule has 2 aromatic rings. The quantitative estimate of drug-likeness (QED) is 0.468. The van der Waals surface area contributed by atoms with Crippen LogP contribution in [0.4, 0.5) is 4.39 Å². The zero-order chi connectivity index (χ0) is 19.6. The van der Waals surface area contributed by atoms with E-state index >= 15 is 0 Å². The van der Waals surface area contributed by atoms with Crippen LogP contribution in [0.5, 0.6) is 11.5 Å². The molecule has 0 amide bonds. The second-order valence-corrected chi connectivity index (χ2v) is 7.07. The van der Waals surface area contributed by atoms with Crippen LogP contribution >= 0.6 is 15.9 Å². The third kappa shape index (κ3) is 7.10. The molecule has 2 aromatic carbocycles. The number of aliphatic hydroxyl groups is 1. The maximum atomic E-state index is 13.8. The first-order chi connectivity index (χ1) is 13.0. The number of rotatable bonds is 11. The number of nitrogens with one attached hydrogen (secondary N) is 2. The highest BCUT2D eigenvalue weighted by Crippen LogP contribution is 2.37. The summed E-state index contributed by atoms with van der Waals surface area (Å²) in [5.74, 6) is 0.838. The molecule has 5 nitrogen and oxygen atoms in total.